The van der Waals surface area contributed by atoms with E-state index < -0.39 is 0 Å². The molecule has 0 bridgehead atoms. The average Bonchev–Trinajstić information content (AvgIpc) is 3.24. The summed E-state index contributed by atoms with van der Waals surface area (Å²) in [5, 5.41) is 18.4. The number of nitrogens with one attached hydrogen (secondary N) is 1. The number of aromatic nitrogens is 1. The Kier molecular flexibility index (Phi) is 6.96. The molecule has 0 fully saturated rings. The SMILES string of the molecule is C1=c2c(-c3ccccc3)c3ccccc3c(-c3ccc4cc(-c5c6ccccc6c(-c6ccc7ccccc7c6)c6ccncc56)ccc4c3)c2=CNC1. The predicted molar refractivity (Wildman–Crippen MR) is 230 cm³/mol. The highest BCUT2D eigenvalue weighted by atomic mass is 14.8. The minimum Gasteiger partial charge on any atom is -0.387 e. The number of pyridine rings is 1. The van der Waals surface area contributed by atoms with Gasteiger partial charge in [-0.15, -0.1) is 0 Å². The molecule has 9 aromatic carbocycles. The van der Waals surface area contributed by atoms with Gasteiger partial charge in [0, 0.05) is 35.7 Å². The van der Waals surface area contributed by atoms with Crippen LogP contribution < -0.4 is 15.8 Å². The molecule has 252 valence electrons. The fraction of sp³-hybridized carbons (Fsp3) is 0.0192. The second-order valence-corrected chi connectivity index (χ2v) is 14.3. The van der Waals surface area contributed by atoms with Crippen LogP contribution in [0.2, 0.25) is 0 Å². The smallest absolute Gasteiger partial charge is 0.0353 e. The van der Waals surface area contributed by atoms with E-state index in [-0.39, 0.29) is 0 Å². The summed E-state index contributed by atoms with van der Waals surface area (Å²) in [6.45, 7) is 0.813. The molecule has 1 aliphatic rings. The van der Waals surface area contributed by atoms with Crippen LogP contribution in [-0.4, -0.2) is 11.5 Å². The van der Waals surface area contributed by atoms with E-state index in [4.69, 9.17) is 0 Å². The van der Waals surface area contributed by atoms with E-state index in [0.717, 1.165) is 11.9 Å². The van der Waals surface area contributed by atoms with Crippen LogP contribution in [0.25, 0.3) is 111 Å². The van der Waals surface area contributed by atoms with Crippen molar-refractivity contribution in [3.8, 4) is 44.5 Å². The molecule has 2 heteroatoms. The van der Waals surface area contributed by atoms with E-state index in [1.807, 2.05) is 12.4 Å². The summed E-state index contributed by atoms with van der Waals surface area (Å²) in [6.07, 6.45) is 8.52. The summed E-state index contributed by atoms with van der Waals surface area (Å²) in [5.41, 5.74) is 9.91. The Morgan fingerprint density at radius 1 is 0.370 bits per heavy atom. The van der Waals surface area contributed by atoms with Gasteiger partial charge in [0.25, 0.3) is 0 Å². The molecule has 10 aromatic rings. The molecule has 0 saturated heterocycles. The standard InChI is InChI=1S/C52H34N2/c1-2-11-34(12-3-1)49-41-14-6-8-16-43(41)51(47-31-53-26-24-45(47)49)39-22-19-37-30-40(23-20-36(37)29-39)52-44-17-9-7-15-42(44)50(46-25-27-54-32-48(46)52)38-21-18-33-10-4-5-13-35(33)28-38/h1-25,27-32,53H,26H2. The van der Waals surface area contributed by atoms with E-state index in [9.17, 15) is 0 Å². The number of nitrogens with zero attached hydrogens (tertiary/aromatic N) is 1. The number of benzene rings is 9. The van der Waals surface area contributed by atoms with Gasteiger partial charge < -0.3 is 5.32 Å². The van der Waals surface area contributed by atoms with Crippen molar-refractivity contribution in [1.82, 2.24) is 10.3 Å². The Bertz CT molecular complexity index is 3210. The van der Waals surface area contributed by atoms with Gasteiger partial charge in [-0.1, -0.05) is 146 Å². The van der Waals surface area contributed by atoms with Gasteiger partial charge >= 0.3 is 0 Å². The number of rotatable bonds is 4. The zero-order valence-corrected chi connectivity index (χ0v) is 29.6. The first-order chi connectivity index (χ1) is 26.8. The van der Waals surface area contributed by atoms with Crippen LogP contribution in [0.3, 0.4) is 0 Å². The molecule has 1 aliphatic heterocycles. The zero-order chi connectivity index (χ0) is 35.6. The van der Waals surface area contributed by atoms with Crippen LogP contribution in [-0.2, 0) is 0 Å². The Balaban J connectivity index is 1.10. The molecule has 1 N–H and O–H groups in total. The Morgan fingerprint density at radius 3 is 1.52 bits per heavy atom. The van der Waals surface area contributed by atoms with Crippen LogP contribution in [0.4, 0.5) is 0 Å². The van der Waals surface area contributed by atoms with Crippen molar-refractivity contribution in [2.24, 2.45) is 0 Å². The molecule has 1 aromatic heterocycles. The van der Waals surface area contributed by atoms with Gasteiger partial charge in [-0.2, -0.15) is 0 Å². The van der Waals surface area contributed by atoms with E-state index in [1.165, 1.54) is 103 Å². The van der Waals surface area contributed by atoms with Crippen LogP contribution in [0.1, 0.15) is 0 Å². The third kappa shape index (κ3) is 4.77. The van der Waals surface area contributed by atoms with Crippen LogP contribution in [0.5, 0.6) is 0 Å². The lowest BCUT2D eigenvalue weighted by Gasteiger charge is -2.19. The average molecular weight is 687 g/mol. The van der Waals surface area contributed by atoms with Crippen LogP contribution >= 0.6 is 0 Å². The first-order valence-corrected chi connectivity index (χ1v) is 18.7. The Hall–Kier alpha value is -7.03. The van der Waals surface area contributed by atoms with Crippen molar-refractivity contribution in [2.75, 3.05) is 6.54 Å². The van der Waals surface area contributed by atoms with E-state index in [1.54, 1.807) is 0 Å². The topological polar surface area (TPSA) is 24.9 Å². The minimum atomic E-state index is 0.813. The molecule has 0 radical (unpaired) electrons. The molecule has 54 heavy (non-hydrogen) atoms. The molecular weight excluding hydrogens is 653 g/mol. The molecule has 0 aliphatic carbocycles. The minimum absolute atomic E-state index is 0.813. The van der Waals surface area contributed by atoms with Crippen LogP contribution in [0, 0.1) is 0 Å². The molecule has 2 heterocycles. The molecule has 11 rings (SSSR count). The van der Waals surface area contributed by atoms with Crippen molar-refractivity contribution < 1.29 is 0 Å². The van der Waals surface area contributed by atoms with E-state index in [2.05, 4.69) is 186 Å². The monoisotopic (exact) mass is 686 g/mol. The van der Waals surface area contributed by atoms with Crippen molar-refractivity contribution in [3.05, 3.63) is 187 Å². The van der Waals surface area contributed by atoms with Crippen molar-refractivity contribution >= 4 is 66.1 Å². The first kappa shape index (κ1) is 30.6. The summed E-state index contributed by atoms with van der Waals surface area (Å²) >= 11 is 0. The summed E-state index contributed by atoms with van der Waals surface area (Å²) in [5.74, 6) is 0. The summed E-state index contributed by atoms with van der Waals surface area (Å²) < 4.78 is 0. The largest absolute Gasteiger partial charge is 0.387 e. The van der Waals surface area contributed by atoms with Gasteiger partial charge in [-0.05, 0) is 122 Å². The zero-order valence-electron chi connectivity index (χ0n) is 29.6. The van der Waals surface area contributed by atoms with Gasteiger partial charge in [0.2, 0.25) is 0 Å². The highest BCUT2D eigenvalue weighted by molar-refractivity contribution is 6.22. The highest BCUT2D eigenvalue weighted by Gasteiger charge is 2.19. The molecular formula is C52H34N2. The fourth-order valence-electron chi connectivity index (χ4n) is 8.93. The second kappa shape index (κ2) is 12.3. The third-order valence-electron chi connectivity index (χ3n) is 11.3. The maximum Gasteiger partial charge on any atom is 0.0353 e. The van der Waals surface area contributed by atoms with E-state index in [0.29, 0.717) is 0 Å². The van der Waals surface area contributed by atoms with Gasteiger partial charge in [-0.3, -0.25) is 4.98 Å². The maximum absolute atomic E-state index is 4.67. The van der Waals surface area contributed by atoms with Crippen molar-refractivity contribution in [3.63, 3.8) is 0 Å². The maximum atomic E-state index is 4.67. The number of fused-ring (bicyclic) bond motifs is 6. The first-order valence-electron chi connectivity index (χ1n) is 18.7. The second-order valence-electron chi connectivity index (χ2n) is 14.3. The van der Waals surface area contributed by atoms with Gasteiger partial charge in [0.1, 0.15) is 0 Å². The highest BCUT2D eigenvalue weighted by Crippen LogP contribution is 2.44. The third-order valence-corrected chi connectivity index (χ3v) is 11.3. The van der Waals surface area contributed by atoms with Gasteiger partial charge in [-0.25, -0.2) is 0 Å². The number of hydrogen-bond acceptors (Lipinski definition) is 2. The number of hydrogen-bond donors (Lipinski definition) is 1. The molecule has 0 amide bonds. The summed E-state index contributed by atoms with van der Waals surface area (Å²) in [7, 11) is 0. The molecule has 2 nitrogen and oxygen atoms in total. The van der Waals surface area contributed by atoms with Crippen molar-refractivity contribution in [1.29, 1.82) is 0 Å². The molecule has 0 saturated carbocycles. The van der Waals surface area contributed by atoms with Crippen LogP contribution in [0.15, 0.2) is 176 Å². The lowest BCUT2D eigenvalue weighted by molar-refractivity contribution is 1.06. The lowest BCUT2D eigenvalue weighted by Crippen LogP contribution is -2.36. The fourth-order valence-corrected chi connectivity index (χ4v) is 8.93. The van der Waals surface area contributed by atoms with Gasteiger partial charge in [0.05, 0.1) is 0 Å². The Labute approximate surface area is 313 Å². The Morgan fingerprint density at radius 2 is 0.852 bits per heavy atom. The van der Waals surface area contributed by atoms with E-state index >= 15 is 0 Å². The van der Waals surface area contributed by atoms with Gasteiger partial charge in [0.15, 0.2) is 0 Å². The summed E-state index contributed by atoms with van der Waals surface area (Å²) in [4.78, 5) is 4.67. The molecule has 0 atom stereocenters. The molecule has 0 spiro atoms. The quantitative estimate of drug-likeness (QED) is 0.186. The lowest BCUT2D eigenvalue weighted by atomic mass is 9.85. The molecule has 0 unspecified atom stereocenters. The predicted octanol–water partition coefficient (Wildman–Crippen LogP) is 11.6. The normalized spacial score (nSPS) is 12.4. The summed E-state index contributed by atoms with van der Waals surface area (Å²) in [6, 6.07) is 60.1. The van der Waals surface area contributed by atoms with Crippen molar-refractivity contribution in [2.45, 2.75) is 0 Å².